The second-order valence-electron chi connectivity index (χ2n) is 17.0. The molecule has 10 amide bonds. The smallest absolute Gasteiger partial charge is 0.326 e. The second-order valence-corrected chi connectivity index (χ2v) is 17.0. The van der Waals surface area contributed by atoms with Crippen LogP contribution in [-0.2, 0) is 52.7 Å². The van der Waals surface area contributed by atoms with E-state index in [1.165, 1.54) is 13.8 Å². The Morgan fingerprint density at radius 2 is 1.19 bits per heavy atom. The lowest BCUT2D eigenvalue weighted by molar-refractivity contribution is -0.144. The van der Waals surface area contributed by atoms with Crippen molar-refractivity contribution in [2.24, 2.45) is 33.8 Å². The van der Waals surface area contributed by atoms with E-state index < -0.39 is 158 Å². The summed E-state index contributed by atoms with van der Waals surface area (Å²) in [5.74, 6) is -11.8. The lowest BCUT2D eigenvalue weighted by atomic mass is 10.0. The van der Waals surface area contributed by atoms with Crippen LogP contribution in [0, 0.1) is 5.92 Å². The number of amides is 10. The fourth-order valence-electron chi connectivity index (χ4n) is 6.68. The van der Waals surface area contributed by atoms with Crippen molar-refractivity contribution >= 4 is 71.0 Å². The van der Waals surface area contributed by atoms with Crippen molar-refractivity contribution in [2.45, 2.75) is 140 Å². The zero-order chi connectivity index (χ0) is 53.6. The number of nitrogens with two attached hydrogens (primary N) is 4. The zero-order valence-electron chi connectivity index (χ0n) is 39.6. The molecule has 30 heteroatoms. The summed E-state index contributed by atoms with van der Waals surface area (Å²) in [5, 5.41) is 67.5. The molecule has 21 N–H and O–H groups in total. The molecule has 0 aliphatic carbocycles. The number of nitrogens with zero attached hydrogens (tertiary/aromatic N) is 2. The Kier molecular flexibility index (Phi) is 26.2. The Labute approximate surface area is 402 Å². The highest BCUT2D eigenvalue weighted by Gasteiger charge is 2.40. The van der Waals surface area contributed by atoms with Crippen LogP contribution in [0.25, 0.3) is 0 Å². The highest BCUT2D eigenvalue weighted by Crippen LogP contribution is 2.20. The van der Waals surface area contributed by atoms with Crippen molar-refractivity contribution in [2.75, 3.05) is 32.8 Å². The number of carbonyl (C=O) groups excluding carboxylic acids is 10. The van der Waals surface area contributed by atoms with Crippen LogP contribution in [-0.4, -0.2) is 201 Å². The summed E-state index contributed by atoms with van der Waals surface area (Å²) in [4.78, 5) is 146. The number of aliphatic hydroxyl groups excluding tert-OH is 4. The van der Waals surface area contributed by atoms with Crippen molar-refractivity contribution in [3.05, 3.63) is 0 Å². The van der Waals surface area contributed by atoms with Gasteiger partial charge in [-0.3, -0.25) is 52.9 Å². The molecule has 70 heavy (non-hydrogen) atoms. The molecule has 0 radical (unpaired) electrons. The van der Waals surface area contributed by atoms with Gasteiger partial charge in [-0.25, -0.2) is 4.79 Å². The molecular formula is C40H70N14O16. The number of hydrogen-bond acceptors (Lipinski definition) is 17. The first kappa shape index (κ1) is 61.3. The minimum Gasteiger partial charge on any atom is -0.480 e. The predicted octanol–water partition coefficient (Wildman–Crippen LogP) is -9.36. The summed E-state index contributed by atoms with van der Waals surface area (Å²) in [6.45, 7) is 4.46. The number of carboxylic acids is 1. The maximum atomic E-state index is 13.9. The van der Waals surface area contributed by atoms with Gasteiger partial charge in [-0.2, -0.15) is 0 Å². The molecule has 11 atom stereocenters. The van der Waals surface area contributed by atoms with Crippen molar-refractivity contribution in [3.63, 3.8) is 0 Å². The third-order valence-corrected chi connectivity index (χ3v) is 10.4. The Morgan fingerprint density at radius 3 is 1.67 bits per heavy atom. The van der Waals surface area contributed by atoms with Gasteiger partial charge in [-0.1, -0.05) is 13.8 Å². The Balaban J connectivity index is 2.99. The van der Waals surface area contributed by atoms with Gasteiger partial charge in [0.15, 0.2) is 5.96 Å². The van der Waals surface area contributed by atoms with Crippen LogP contribution < -0.4 is 65.5 Å². The molecule has 0 saturated carbocycles. The number of likely N-dealkylation sites (tertiary alicyclic amines) is 1. The maximum absolute atomic E-state index is 13.9. The summed E-state index contributed by atoms with van der Waals surface area (Å²) in [7, 11) is 0. The minimum absolute atomic E-state index is 0.0296. The van der Waals surface area contributed by atoms with Gasteiger partial charge in [-0.05, 0) is 58.8 Å². The van der Waals surface area contributed by atoms with Crippen LogP contribution in [0.1, 0.15) is 73.1 Å². The summed E-state index contributed by atoms with van der Waals surface area (Å²) >= 11 is 0. The van der Waals surface area contributed by atoms with Crippen molar-refractivity contribution in [3.8, 4) is 0 Å². The molecule has 0 spiro atoms. The van der Waals surface area contributed by atoms with Crippen LogP contribution in [0.3, 0.4) is 0 Å². The van der Waals surface area contributed by atoms with Gasteiger partial charge in [0.25, 0.3) is 0 Å². The van der Waals surface area contributed by atoms with Crippen LogP contribution in [0.15, 0.2) is 4.99 Å². The molecule has 0 aromatic heterocycles. The topological polar surface area (TPSA) is 505 Å². The maximum Gasteiger partial charge on any atom is 0.326 e. The highest BCUT2D eigenvalue weighted by molar-refractivity contribution is 5.98. The first-order valence-corrected chi connectivity index (χ1v) is 22.2. The molecule has 1 rings (SSSR count). The largest absolute Gasteiger partial charge is 0.480 e. The van der Waals surface area contributed by atoms with Gasteiger partial charge in [-0.15, -0.1) is 0 Å². The van der Waals surface area contributed by atoms with Crippen molar-refractivity contribution in [1.82, 2.24) is 47.4 Å². The third-order valence-electron chi connectivity index (χ3n) is 10.4. The fourth-order valence-corrected chi connectivity index (χ4v) is 6.68. The molecule has 1 fully saturated rings. The number of hydrogen-bond donors (Lipinski definition) is 17. The fraction of sp³-hybridized carbons (Fsp3) is 0.700. The minimum atomic E-state index is -1.78. The van der Waals surface area contributed by atoms with Gasteiger partial charge >= 0.3 is 5.97 Å². The van der Waals surface area contributed by atoms with E-state index in [4.69, 9.17) is 22.9 Å². The summed E-state index contributed by atoms with van der Waals surface area (Å²) in [6, 6.07) is -12.1. The molecule has 1 heterocycles. The van der Waals surface area contributed by atoms with E-state index in [0.29, 0.717) is 6.42 Å². The standard InChI is InChI=1S/C40H70N14O16/c1-17(2)12-22(33(63)52-30(19(4)57)37(67)51-23(39(69)70)13-26(41)59)48-27(60)14-46-32(62)24(16-55)49-28(61)15-47-34(64)25-9-7-11-54(25)38(68)21(8-6-10-45-40(43)44)50-36(66)31(20(5)58)53-35(65)29(42)18(3)56/h17-25,29-31,55-58H,6-16,42H2,1-5H3,(H2,41,59)(H,46,62)(H,47,64)(H,48,60)(H,49,61)(H,50,66)(H,51,67)(H,52,63)(H,53,65)(H,69,70)(H4,43,44,45)/t18-,19-,20-,21+,22+,23+,24+,25+,29+,30+,31+/m1/s1. The van der Waals surface area contributed by atoms with E-state index in [2.05, 4.69) is 42.2 Å². The van der Waals surface area contributed by atoms with Gasteiger partial charge < -0.3 is 95.9 Å². The van der Waals surface area contributed by atoms with Crippen LogP contribution in [0.4, 0.5) is 0 Å². The van der Waals surface area contributed by atoms with E-state index in [1.807, 2.05) is 5.32 Å². The number of carbonyl (C=O) groups is 11. The van der Waals surface area contributed by atoms with Crippen LogP contribution in [0.2, 0.25) is 0 Å². The molecule has 30 nitrogen and oxygen atoms in total. The zero-order valence-corrected chi connectivity index (χ0v) is 39.6. The average molecular weight is 1000 g/mol. The summed E-state index contributed by atoms with van der Waals surface area (Å²) in [6.07, 6.45) is -4.69. The molecule has 396 valence electrons. The third kappa shape index (κ3) is 21.3. The number of nitrogens with one attached hydrogen (secondary N) is 8. The molecule has 0 bridgehead atoms. The van der Waals surface area contributed by atoms with Crippen LogP contribution >= 0.6 is 0 Å². The monoisotopic (exact) mass is 1000 g/mol. The van der Waals surface area contributed by atoms with E-state index in [-0.39, 0.29) is 50.7 Å². The number of guanidine groups is 1. The molecule has 0 aromatic carbocycles. The van der Waals surface area contributed by atoms with Gasteiger partial charge in [0.1, 0.15) is 48.3 Å². The van der Waals surface area contributed by atoms with Gasteiger partial charge in [0, 0.05) is 13.1 Å². The highest BCUT2D eigenvalue weighted by atomic mass is 16.4. The van der Waals surface area contributed by atoms with E-state index in [1.54, 1.807) is 13.8 Å². The van der Waals surface area contributed by atoms with Gasteiger partial charge in [0.2, 0.25) is 59.1 Å². The second kappa shape index (κ2) is 30.0. The molecule has 0 unspecified atom stereocenters. The van der Waals surface area contributed by atoms with Crippen molar-refractivity contribution in [1.29, 1.82) is 0 Å². The molecule has 1 saturated heterocycles. The predicted molar refractivity (Wildman–Crippen MR) is 243 cm³/mol. The Morgan fingerprint density at radius 1 is 0.657 bits per heavy atom. The van der Waals surface area contributed by atoms with Gasteiger partial charge in [0.05, 0.1) is 44.4 Å². The summed E-state index contributed by atoms with van der Waals surface area (Å²) < 4.78 is 0. The quantitative estimate of drug-likeness (QED) is 0.0180. The molecular weight excluding hydrogens is 933 g/mol. The lowest BCUT2D eigenvalue weighted by Crippen LogP contribution is -2.61. The normalized spacial score (nSPS) is 17.5. The summed E-state index contributed by atoms with van der Waals surface area (Å²) in [5.41, 5.74) is 21.5. The lowest BCUT2D eigenvalue weighted by Gasteiger charge is -2.30. The first-order valence-electron chi connectivity index (χ1n) is 22.2. The van der Waals surface area contributed by atoms with Crippen LogP contribution in [0.5, 0.6) is 0 Å². The first-order chi connectivity index (χ1) is 32.6. The average Bonchev–Trinajstić information content (AvgIpc) is 3.77. The Hall–Kier alpha value is -6.76. The Bertz CT molecular complexity index is 1900. The SMILES string of the molecule is CC(C)C[C@H](NC(=O)CNC(=O)[C@H](CO)NC(=O)CNC(=O)[C@@H]1CCCN1C(=O)[C@H](CCCN=C(N)N)NC(=O)[C@@H](NC(=O)[C@@H](N)[C@@H](C)O)[C@@H](C)O)C(=O)N[C@H](C(=O)N[C@@H](CC(N)=O)C(=O)O)[C@@H](C)O. The number of primary amides is 1. The number of carboxylic acid groups (broad SMARTS) is 1. The van der Waals surface area contributed by atoms with E-state index in [9.17, 15) is 78.3 Å². The van der Waals surface area contributed by atoms with E-state index >= 15 is 0 Å². The van der Waals surface area contributed by atoms with E-state index in [0.717, 1.165) is 11.8 Å². The number of aliphatic hydroxyl groups is 4. The van der Waals surface area contributed by atoms with Crippen molar-refractivity contribution < 1.29 is 78.3 Å². The molecule has 1 aliphatic rings. The number of aliphatic imine (C=N–C) groups is 1. The molecule has 0 aromatic rings. The number of rotatable bonds is 30. The molecule has 1 aliphatic heterocycles. The number of aliphatic carboxylic acids is 1.